The minimum atomic E-state index is -4.54. The SMILES string of the molecule is CNCc1cc(NC(=O)c2ccc(C)c(Nc3nc(-c4cccnc4)nc4c3ccn4C)c2)cc(C(F)(F)F)c1.Cc1ccc(C(=O)Nc2cccc(Cl)c2)cc1Nc1nc(-c2cncnc2)nc2c1ccn2C.Cc1ccc(NC(=O)c2cccc(C(F)(F)F)c2)cc1Nc1nc(-c2cccnc2)nc2c1ccn2C. The maximum atomic E-state index is 13.4. The number of hydrogen-bond acceptors (Lipinski definition) is 17. The largest absolute Gasteiger partial charge is 0.416 e. The number of benzene rings is 6. The Kier molecular flexibility index (Phi) is 22.0. The minimum Gasteiger partial charge on any atom is -0.339 e. The molecule has 0 saturated carbocycles. The second kappa shape index (κ2) is 32.3. The van der Waals surface area contributed by atoms with Gasteiger partial charge in [-0.1, -0.05) is 41.9 Å². The van der Waals surface area contributed by atoms with Crippen molar-refractivity contribution in [1.29, 1.82) is 0 Å². The van der Waals surface area contributed by atoms with Gasteiger partial charge in [-0.25, -0.2) is 39.9 Å². The summed E-state index contributed by atoms with van der Waals surface area (Å²) < 4.78 is 85.2. The Morgan fingerprint density at radius 2 is 0.847 bits per heavy atom. The summed E-state index contributed by atoms with van der Waals surface area (Å²) >= 11 is 6.03. The summed E-state index contributed by atoms with van der Waals surface area (Å²) in [6.45, 7) is 5.97. The lowest BCUT2D eigenvalue weighted by Gasteiger charge is -2.15. The number of carbonyl (C=O) groups is 3. The first-order valence-electron chi connectivity index (χ1n) is 34.2. The lowest BCUT2D eigenvalue weighted by atomic mass is 10.1. The van der Waals surface area contributed by atoms with Crippen LogP contribution < -0.4 is 37.2 Å². The Balaban J connectivity index is 0.000000146. The number of rotatable bonds is 17. The second-order valence-electron chi connectivity index (χ2n) is 25.7. The quantitative estimate of drug-likeness (QED) is 0.0417. The van der Waals surface area contributed by atoms with Gasteiger partial charge >= 0.3 is 12.4 Å². The molecule has 9 heterocycles. The zero-order chi connectivity index (χ0) is 78.3. The molecular weight excluding hydrogens is 1450 g/mol. The fourth-order valence-electron chi connectivity index (χ4n) is 11.7. The van der Waals surface area contributed by atoms with E-state index in [1.165, 1.54) is 24.5 Å². The summed E-state index contributed by atoms with van der Waals surface area (Å²) in [6, 6.07) is 43.7. The summed E-state index contributed by atoms with van der Waals surface area (Å²) in [4.78, 5) is 83.4. The molecule has 7 N–H and O–H groups in total. The molecule has 9 aromatic heterocycles. The molecule has 0 bridgehead atoms. The van der Waals surface area contributed by atoms with E-state index in [0.717, 1.165) is 85.2 Å². The number of nitrogens with zero attached hydrogens (tertiary/aromatic N) is 13. The molecular formula is C81H67ClF6N20O3. The molecule has 0 spiro atoms. The van der Waals surface area contributed by atoms with Gasteiger partial charge < -0.3 is 50.9 Å². The zero-order valence-corrected chi connectivity index (χ0v) is 61.0. The average molecular weight is 1520 g/mol. The van der Waals surface area contributed by atoms with Crippen molar-refractivity contribution in [2.75, 3.05) is 38.9 Å². The van der Waals surface area contributed by atoms with Crippen molar-refractivity contribution in [3.8, 4) is 34.2 Å². The molecule has 111 heavy (non-hydrogen) atoms. The third-order valence-electron chi connectivity index (χ3n) is 17.6. The number of fused-ring (bicyclic) bond motifs is 3. The molecule has 0 saturated heterocycles. The number of carbonyl (C=O) groups excluding carboxylic acids is 3. The lowest BCUT2D eigenvalue weighted by molar-refractivity contribution is -0.138. The fraction of sp³-hybridized carbons (Fsp3) is 0.123. The molecule has 30 heteroatoms. The van der Waals surface area contributed by atoms with Crippen molar-refractivity contribution in [3.05, 3.63) is 281 Å². The second-order valence-corrected chi connectivity index (χ2v) is 26.1. The van der Waals surface area contributed by atoms with Crippen LogP contribution in [0.25, 0.3) is 67.3 Å². The molecule has 23 nitrogen and oxygen atoms in total. The molecule has 0 aliphatic carbocycles. The Labute approximate surface area is 635 Å². The number of nitrogens with one attached hydrogen (secondary N) is 7. The van der Waals surface area contributed by atoms with Gasteiger partial charge in [0.1, 0.15) is 40.7 Å². The van der Waals surface area contributed by atoms with Crippen molar-refractivity contribution in [1.82, 2.24) is 68.9 Å². The third-order valence-corrected chi connectivity index (χ3v) is 17.8. The highest BCUT2D eigenvalue weighted by Crippen LogP contribution is 2.37. The monoisotopic (exact) mass is 1520 g/mol. The summed E-state index contributed by atoms with van der Waals surface area (Å²) in [5.41, 5.74) is 9.63. The van der Waals surface area contributed by atoms with Crippen LogP contribution in [0.15, 0.2) is 226 Å². The lowest BCUT2D eigenvalue weighted by Crippen LogP contribution is -2.15. The number of alkyl halides is 6. The van der Waals surface area contributed by atoms with E-state index in [2.05, 4.69) is 67.1 Å². The van der Waals surface area contributed by atoms with Gasteiger partial charge in [-0.05, 0) is 184 Å². The first kappa shape index (κ1) is 75.4. The Bertz CT molecular complexity index is 5980. The molecule has 6 aromatic carbocycles. The van der Waals surface area contributed by atoms with Crippen molar-refractivity contribution in [3.63, 3.8) is 0 Å². The minimum absolute atomic E-state index is 0.0584. The van der Waals surface area contributed by atoms with Crippen LogP contribution in [0, 0.1) is 20.8 Å². The van der Waals surface area contributed by atoms with Crippen LogP contribution in [0.3, 0.4) is 0 Å². The van der Waals surface area contributed by atoms with Crippen molar-refractivity contribution in [2.45, 2.75) is 39.7 Å². The molecule has 0 unspecified atom stereocenters. The summed E-state index contributed by atoms with van der Waals surface area (Å²) in [5.74, 6) is 1.79. The van der Waals surface area contributed by atoms with Gasteiger partial charge in [-0.3, -0.25) is 24.4 Å². The number of anilines is 9. The topological polar surface area (TPSA) is 279 Å². The average Bonchev–Trinajstić information content (AvgIpc) is 1.69. The van der Waals surface area contributed by atoms with E-state index in [4.69, 9.17) is 31.5 Å². The summed E-state index contributed by atoms with van der Waals surface area (Å²) in [5, 5.41) is 24.1. The first-order valence-corrected chi connectivity index (χ1v) is 34.6. The number of amides is 3. The molecule has 0 aliphatic heterocycles. The molecule has 15 rings (SSSR count). The summed E-state index contributed by atoms with van der Waals surface area (Å²) in [7, 11) is 7.34. The van der Waals surface area contributed by atoms with E-state index in [1.54, 1.807) is 123 Å². The summed E-state index contributed by atoms with van der Waals surface area (Å²) in [6.07, 6.45) is 8.14. The first-order chi connectivity index (χ1) is 53.3. The highest BCUT2D eigenvalue weighted by atomic mass is 35.5. The third kappa shape index (κ3) is 17.8. The number of aryl methyl sites for hydroxylation is 6. The van der Waals surface area contributed by atoms with Crippen LogP contribution in [0.1, 0.15) is 64.5 Å². The van der Waals surface area contributed by atoms with Crippen LogP contribution >= 0.6 is 11.6 Å². The van der Waals surface area contributed by atoms with Gasteiger partial charge in [0, 0.05) is 150 Å². The van der Waals surface area contributed by atoms with Gasteiger partial charge in [0.05, 0.1) is 32.8 Å². The standard InChI is InChI=1S/C29H26F3N7O.C27H21F3N6O.C25H20ClN7O/c1-17-6-7-19(28(40)35-22-12-18(15-33-2)11-21(14-22)29(30,31)32)13-24(17)36-26-23-8-10-39(3)27(23)38-25(37-26)20-5-4-9-34-16-20;1-16-8-9-20(32-26(37)17-5-3-7-19(13-17)27(28,29)30)14-22(16)33-24-21-10-12-36(2)25(21)35-23(34-24)18-6-4-11-31-15-18;1-15-6-7-16(25(34)29-19-5-3-4-18(26)11-19)10-21(15)30-23-20-8-9-33(2)24(20)32-22(31-23)17-12-27-14-28-13-17/h4-14,16,33H,15H2,1-3H3,(H,35,40)(H,36,37,38);3-15H,1-2H3,(H,32,37)(H,33,34,35);3-14H,1-2H3,(H,29,34)(H,30,31,32). The zero-order valence-electron chi connectivity index (χ0n) is 60.3. The fourth-order valence-corrected chi connectivity index (χ4v) is 11.9. The van der Waals surface area contributed by atoms with Crippen molar-refractivity contribution < 1.29 is 40.7 Å². The van der Waals surface area contributed by atoms with Crippen molar-refractivity contribution >= 4 is 114 Å². The van der Waals surface area contributed by atoms with Crippen LogP contribution in [0.2, 0.25) is 5.02 Å². The molecule has 0 radical (unpaired) electrons. The molecule has 15 aromatic rings. The van der Waals surface area contributed by atoms with Gasteiger partial charge in [0.15, 0.2) is 17.5 Å². The van der Waals surface area contributed by atoms with Crippen LogP contribution in [-0.4, -0.2) is 88.3 Å². The Morgan fingerprint density at radius 3 is 1.31 bits per heavy atom. The molecule has 3 amide bonds. The highest BCUT2D eigenvalue weighted by Gasteiger charge is 2.33. The molecule has 0 aliphatic rings. The normalized spacial score (nSPS) is 11.3. The maximum absolute atomic E-state index is 13.4. The van der Waals surface area contributed by atoms with Gasteiger partial charge in [0.25, 0.3) is 17.7 Å². The van der Waals surface area contributed by atoms with Crippen LogP contribution in [0.5, 0.6) is 0 Å². The molecule has 0 fully saturated rings. The van der Waals surface area contributed by atoms with Gasteiger partial charge in [0.2, 0.25) is 0 Å². The Morgan fingerprint density at radius 1 is 0.414 bits per heavy atom. The number of pyridine rings is 2. The smallest absolute Gasteiger partial charge is 0.339 e. The number of halogens is 7. The predicted molar refractivity (Wildman–Crippen MR) is 417 cm³/mol. The molecule has 0 atom stereocenters. The molecule has 558 valence electrons. The van der Waals surface area contributed by atoms with E-state index in [1.807, 2.05) is 117 Å². The van der Waals surface area contributed by atoms with E-state index in [0.29, 0.717) is 85.0 Å². The predicted octanol–water partition coefficient (Wildman–Crippen LogP) is 17.8. The van der Waals surface area contributed by atoms with E-state index in [9.17, 15) is 40.7 Å². The highest BCUT2D eigenvalue weighted by molar-refractivity contribution is 6.31. The van der Waals surface area contributed by atoms with E-state index < -0.39 is 35.3 Å². The number of aromatic nitrogens is 13. The maximum Gasteiger partial charge on any atom is 0.416 e. The number of hydrogen-bond donors (Lipinski definition) is 7. The van der Waals surface area contributed by atoms with E-state index in [-0.39, 0.29) is 29.3 Å². The van der Waals surface area contributed by atoms with Crippen LogP contribution in [-0.2, 0) is 40.0 Å². The van der Waals surface area contributed by atoms with E-state index >= 15 is 0 Å². The van der Waals surface area contributed by atoms with Crippen LogP contribution in [0.4, 0.5) is 77.9 Å². The van der Waals surface area contributed by atoms with Crippen molar-refractivity contribution in [2.24, 2.45) is 21.1 Å². The van der Waals surface area contributed by atoms with Gasteiger partial charge in [-0.15, -0.1) is 0 Å². The Hall–Kier alpha value is -13.8. The van der Waals surface area contributed by atoms with Gasteiger partial charge in [-0.2, -0.15) is 26.3 Å².